The quantitative estimate of drug-likeness (QED) is 0.355. The fourth-order valence-electron chi connectivity index (χ4n) is 8.02. The molecule has 3 aliphatic heterocycles. The number of hydrogen-bond acceptors (Lipinski definition) is 7. The highest BCUT2D eigenvalue weighted by Gasteiger charge is 2.77. The average molecular weight is 496 g/mol. The zero-order valence-corrected chi connectivity index (χ0v) is 21.8. The second kappa shape index (κ2) is 8.35. The SMILES string of the molecule is C=C(C)C(=O)NC[C@@]1(O)[C@H](OC(C)=O)[C@]2(CC)C=CCN3CC[C@@]4(c5ccc(OC)cc5N(C)[C@@H]14)C32. The van der Waals surface area contributed by atoms with Crippen molar-refractivity contribution in [3.8, 4) is 5.75 Å². The summed E-state index contributed by atoms with van der Waals surface area (Å²) in [6.45, 7) is 10.5. The molecule has 1 saturated heterocycles. The van der Waals surface area contributed by atoms with E-state index in [-0.39, 0.29) is 18.5 Å². The van der Waals surface area contributed by atoms with E-state index in [1.54, 1.807) is 14.0 Å². The lowest BCUT2D eigenvalue weighted by Crippen LogP contribution is -2.81. The molecule has 1 aromatic carbocycles. The number of nitrogens with one attached hydrogen (secondary N) is 1. The summed E-state index contributed by atoms with van der Waals surface area (Å²) in [6.07, 6.45) is 4.95. The van der Waals surface area contributed by atoms with E-state index in [0.29, 0.717) is 12.0 Å². The van der Waals surface area contributed by atoms with Crippen LogP contribution in [-0.4, -0.2) is 79.5 Å². The Hall–Kier alpha value is -2.84. The van der Waals surface area contributed by atoms with Crippen molar-refractivity contribution in [3.63, 3.8) is 0 Å². The van der Waals surface area contributed by atoms with Gasteiger partial charge < -0.3 is 24.8 Å². The molecular weight excluding hydrogens is 458 g/mol. The smallest absolute Gasteiger partial charge is 0.303 e. The molecule has 1 aromatic rings. The van der Waals surface area contributed by atoms with E-state index < -0.39 is 34.5 Å². The first-order chi connectivity index (χ1) is 17.1. The van der Waals surface area contributed by atoms with Crippen molar-refractivity contribution in [1.82, 2.24) is 10.2 Å². The maximum atomic E-state index is 12.9. The summed E-state index contributed by atoms with van der Waals surface area (Å²) >= 11 is 0. The predicted octanol–water partition coefficient (Wildman–Crippen LogP) is 2.16. The van der Waals surface area contributed by atoms with Gasteiger partial charge in [0.25, 0.3) is 0 Å². The maximum absolute atomic E-state index is 12.9. The zero-order chi connectivity index (χ0) is 26.0. The van der Waals surface area contributed by atoms with Gasteiger partial charge in [-0.2, -0.15) is 0 Å². The van der Waals surface area contributed by atoms with Crippen LogP contribution in [0.1, 0.15) is 39.2 Å². The lowest BCUT2D eigenvalue weighted by Gasteiger charge is -2.64. The molecule has 0 bridgehead atoms. The standard InChI is InChI=1S/C28H37N3O5/c1-7-26-11-8-13-31-14-12-27(23(26)31)20-10-9-19(35-6)15-21(20)30(5)24(27)28(34,25(26)36-18(4)32)16-29-22(33)17(2)3/h8-11,15,23-25,34H,2,7,12-14,16H2,1,3-6H3,(H,29,33)/t23?,24-,25-,26-,27-,28+/m1/s1. The van der Waals surface area contributed by atoms with Gasteiger partial charge in [0.05, 0.1) is 19.7 Å². The molecule has 194 valence electrons. The second-order valence-corrected chi connectivity index (χ2v) is 10.9. The van der Waals surface area contributed by atoms with Crippen molar-refractivity contribution >= 4 is 17.6 Å². The van der Waals surface area contributed by atoms with Crippen molar-refractivity contribution in [2.24, 2.45) is 5.41 Å². The first-order valence-electron chi connectivity index (χ1n) is 12.7. The molecule has 0 radical (unpaired) electrons. The van der Waals surface area contributed by atoms with Crippen molar-refractivity contribution in [2.75, 3.05) is 38.7 Å². The van der Waals surface area contributed by atoms with Crippen LogP contribution >= 0.6 is 0 Å². The molecule has 1 unspecified atom stereocenters. The molecule has 2 fully saturated rings. The van der Waals surface area contributed by atoms with Crippen LogP contribution in [0.2, 0.25) is 0 Å². The molecule has 3 heterocycles. The molecule has 1 aliphatic carbocycles. The number of fused-ring (bicyclic) bond motifs is 1. The van der Waals surface area contributed by atoms with Gasteiger partial charge in [-0.1, -0.05) is 31.7 Å². The molecule has 1 saturated carbocycles. The van der Waals surface area contributed by atoms with Gasteiger partial charge in [0, 0.05) is 54.7 Å². The van der Waals surface area contributed by atoms with Gasteiger partial charge in [-0.3, -0.25) is 14.5 Å². The fraction of sp³-hybridized carbons (Fsp3) is 0.571. The highest BCUT2D eigenvalue weighted by atomic mass is 16.6. The average Bonchev–Trinajstić information content (AvgIpc) is 3.36. The van der Waals surface area contributed by atoms with Crippen LogP contribution in [0.5, 0.6) is 5.75 Å². The number of rotatable bonds is 6. The number of hydrogen-bond donors (Lipinski definition) is 2. The Labute approximate surface area is 212 Å². The molecule has 1 amide bonds. The van der Waals surface area contributed by atoms with Gasteiger partial charge >= 0.3 is 5.97 Å². The van der Waals surface area contributed by atoms with E-state index in [4.69, 9.17) is 9.47 Å². The largest absolute Gasteiger partial charge is 0.497 e. The molecule has 4 aliphatic rings. The van der Waals surface area contributed by atoms with E-state index in [1.807, 2.05) is 19.2 Å². The highest BCUT2D eigenvalue weighted by molar-refractivity contribution is 5.92. The summed E-state index contributed by atoms with van der Waals surface area (Å²) in [5, 5.41) is 15.8. The van der Waals surface area contributed by atoms with Gasteiger partial charge in [-0.25, -0.2) is 0 Å². The van der Waals surface area contributed by atoms with Crippen molar-refractivity contribution < 1.29 is 24.2 Å². The lowest BCUT2D eigenvalue weighted by molar-refractivity contribution is -0.217. The maximum Gasteiger partial charge on any atom is 0.303 e. The Bertz CT molecular complexity index is 1150. The summed E-state index contributed by atoms with van der Waals surface area (Å²) in [5.74, 6) is -0.0430. The minimum absolute atomic E-state index is 0.0172. The van der Waals surface area contributed by atoms with E-state index in [9.17, 15) is 14.7 Å². The van der Waals surface area contributed by atoms with Crippen molar-refractivity contribution in [3.05, 3.63) is 48.1 Å². The van der Waals surface area contributed by atoms with Crippen molar-refractivity contribution in [2.45, 2.75) is 62.8 Å². The number of likely N-dealkylation sites (N-methyl/N-ethyl adjacent to an activating group) is 1. The Balaban J connectivity index is 1.78. The number of carbonyl (C=O) groups excluding carboxylic acids is 2. The van der Waals surface area contributed by atoms with E-state index in [0.717, 1.165) is 30.9 Å². The van der Waals surface area contributed by atoms with Gasteiger partial charge in [0.2, 0.25) is 5.91 Å². The monoisotopic (exact) mass is 495 g/mol. The third-order valence-electron chi connectivity index (χ3n) is 9.14. The van der Waals surface area contributed by atoms with Crippen molar-refractivity contribution in [1.29, 1.82) is 0 Å². The molecule has 2 N–H and O–H groups in total. The number of aliphatic hydroxyl groups is 1. The summed E-state index contributed by atoms with van der Waals surface area (Å²) in [7, 11) is 3.63. The van der Waals surface area contributed by atoms with E-state index in [2.05, 4.69) is 46.8 Å². The normalized spacial score (nSPS) is 36.1. The first kappa shape index (κ1) is 24.8. The molecule has 8 nitrogen and oxygen atoms in total. The molecule has 0 aromatic heterocycles. The highest BCUT2D eigenvalue weighted by Crippen LogP contribution is 2.67. The Morgan fingerprint density at radius 3 is 2.67 bits per heavy atom. The molecule has 36 heavy (non-hydrogen) atoms. The fourth-order valence-corrected chi connectivity index (χ4v) is 8.02. The molecule has 6 atom stereocenters. The van der Waals surface area contributed by atoms with E-state index >= 15 is 0 Å². The zero-order valence-electron chi connectivity index (χ0n) is 21.8. The summed E-state index contributed by atoms with van der Waals surface area (Å²) in [4.78, 5) is 29.8. The number of benzene rings is 1. The Kier molecular flexibility index (Phi) is 5.76. The third-order valence-corrected chi connectivity index (χ3v) is 9.14. The van der Waals surface area contributed by atoms with Gasteiger partial charge in [0.1, 0.15) is 17.5 Å². The summed E-state index contributed by atoms with van der Waals surface area (Å²) in [6, 6.07) is 5.71. The number of anilines is 1. The van der Waals surface area contributed by atoms with Crippen LogP contribution in [0.25, 0.3) is 0 Å². The summed E-state index contributed by atoms with van der Waals surface area (Å²) < 4.78 is 11.6. The predicted molar refractivity (Wildman–Crippen MR) is 137 cm³/mol. The number of carbonyl (C=O) groups is 2. The molecular formula is C28H37N3O5. The first-order valence-corrected chi connectivity index (χ1v) is 12.7. The number of methoxy groups -OCH3 is 1. The van der Waals surface area contributed by atoms with Gasteiger partial charge in [-0.15, -0.1) is 0 Å². The van der Waals surface area contributed by atoms with Crippen LogP contribution < -0.4 is 15.0 Å². The number of amides is 1. The van der Waals surface area contributed by atoms with Crippen LogP contribution in [-0.2, 0) is 19.7 Å². The third kappa shape index (κ3) is 3.07. The van der Waals surface area contributed by atoms with Gasteiger partial charge in [-0.05, 0) is 37.9 Å². The van der Waals surface area contributed by atoms with Crippen LogP contribution in [0.3, 0.4) is 0 Å². The second-order valence-electron chi connectivity index (χ2n) is 10.9. The van der Waals surface area contributed by atoms with Crippen LogP contribution in [0, 0.1) is 5.41 Å². The Morgan fingerprint density at radius 1 is 1.28 bits per heavy atom. The number of nitrogens with zero attached hydrogens (tertiary/aromatic N) is 2. The lowest BCUT2D eigenvalue weighted by atomic mass is 9.47. The minimum atomic E-state index is -1.58. The number of esters is 1. The van der Waals surface area contributed by atoms with Crippen LogP contribution in [0.15, 0.2) is 42.5 Å². The van der Waals surface area contributed by atoms with Crippen LogP contribution in [0.4, 0.5) is 5.69 Å². The minimum Gasteiger partial charge on any atom is -0.497 e. The topological polar surface area (TPSA) is 91.3 Å². The molecule has 1 spiro atoms. The molecule has 8 heteroatoms. The molecule has 5 rings (SSSR count). The summed E-state index contributed by atoms with van der Waals surface area (Å²) in [5.41, 5.74) is -0.134. The van der Waals surface area contributed by atoms with Gasteiger partial charge in [0.15, 0.2) is 0 Å². The van der Waals surface area contributed by atoms with E-state index in [1.165, 1.54) is 12.5 Å². The Morgan fingerprint density at radius 2 is 2.03 bits per heavy atom. The number of ether oxygens (including phenoxy) is 2.